The van der Waals surface area contributed by atoms with Crippen LogP contribution in [0.3, 0.4) is 0 Å². The fraction of sp³-hybridized carbons (Fsp3) is 0.667. The molecule has 4 atom stereocenters. The fourth-order valence-corrected chi connectivity index (χ4v) is 9.69. The summed E-state index contributed by atoms with van der Waals surface area (Å²) in [5.74, 6) is -1.49. The van der Waals surface area contributed by atoms with Gasteiger partial charge in [0, 0.05) is 36.1 Å². The number of likely N-dealkylation sites (tertiary alicyclic amines) is 2. The topological polar surface area (TPSA) is 40.6 Å². The molecule has 0 N–H and O–H groups in total. The third-order valence-corrected chi connectivity index (χ3v) is 12.4. The Kier molecular flexibility index (Phi) is 14.4. The molecule has 2 aliphatic carbocycles. The first-order chi connectivity index (χ1) is 27.0. The van der Waals surface area contributed by atoms with E-state index in [0.717, 1.165) is 90.4 Å². The molecule has 0 amide bonds. The summed E-state index contributed by atoms with van der Waals surface area (Å²) in [5.41, 5.74) is -7.21. The summed E-state index contributed by atoms with van der Waals surface area (Å²) in [4.78, 5) is 30.6. The number of aryl methyl sites for hydroxylation is 2. The van der Waals surface area contributed by atoms with Gasteiger partial charge in [0.05, 0.1) is 22.3 Å². The Morgan fingerprint density at radius 2 is 0.828 bits per heavy atom. The zero-order chi connectivity index (χ0) is 42.8. The van der Waals surface area contributed by atoms with Crippen LogP contribution in [0.4, 0.5) is 52.7 Å². The van der Waals surface area contributed by atoms with E-state index in [0.29, 0.717) is 12.1 Å². The third-order valence-electron chi connectivity index (χ3n) is 12.4. The Hall–Kier alpha value is -3.14. The number of carbonyl (C=O) groups is 2. The summed E-state index contributed by atoms with van der Waals surface area (Å²) < 4.78 is 160. The molecule has 2 aromatic rings. The van der Waals surface area contributed by atoms with Gasteiger partial charge in [-0.15, -0.1) is 0 Å². The highest BCUT2D eigenvalue weighted by Crippen LogP contribution is 2.43. The lowest BCUT2D eigenvalue weighted by Crippen LogP contribution is -2.36. The Morgan fingerprint density at radius 1 is 0.500 bits per heavy atom. The molecule has 4 fully saturated rings. The number of halogens is 12. The quantitative estimate of drug-likeness (QED) is 0.176. The van der Waals surface area contributed by atoms with Crippen LogP contribution in [-0.4, -0.2) is 59.6 Å². The fourth-order valence-electron chi connectivity index (χ4n) is 9.69. The van der Waals surface area contributed by atoms with E-state index in [1.54, 1.807) is 0 Å². The highest BCUT2D eigenvalue weighted by molar-refractivity contribution is 6.00. The van der Waals surface area contributed by atoms with Crippen LogP contribution in [0.1, 0.15) is 145 Å². The Balaban J connectivity index is 0.000000221. The van der Waals surface area contributed by atoms with E-state index in [1.807, 2.05) is 0 Å². The van der Waals surface area contributed by atoms with Crippen molar-refractivity contribution < 1.29 is 62.3 Å². The van der Waals surface area contributed by atoms with Crippen LogP contribution >= 0.6 is 0 Å². The summed E-state index contributed by atoms with van der Waals surface area (Å²) in [5, 5.41) is 0. The van der Waals surface area contributed by atoms with Gasteiger partial charge in [0.25, 0.3) is 0 Å². The van der Waals surface area contributed by atoms with Crippen LogP contribution in [0.25, 0.3) is 0 Å². The summed E-state index contributed by atoms with van der Waals surface area (Å²) in [6, 6.07) is 1.90. The summed E-state index contributed by atoms with van der Waals surface area (Å²) >= 11 is 0. The first-order valence-electron chi connectivity index (χ1n) is 20.2. The lowest BCUT2D eigenvalue weighted by molar-refractivity contribution is -0.144. The molecule has 6 rings (SSSR count). The molecular formula is C42H50F12N2O2. The SMILES string of the molecule is CCc1cc(C(F)(F)F)cc(C(F)(F)F)c1C(=O)C[C@@H]1CCC[C@@H]1N1CCCC1.CCc1cc(C(F)(F)F)cc(C(F)(F)F)c1C(=O)C[C@H]1CCC[C@H]1N1CCCC1. The molecule has 0 aromatic heterocycles. The number of rotatable bonds is 10. The zero-order valence-electron chi connectivity index (χ0n) is 32.6. The van der Waals surface area contributed by atoms with Crippen molar-refractivity contribution in [3.8, 4) is 0 Å². The average Bonchev–Trinajstić information content (AvgIpc) is 3.97. The minimum Gasteiger partial charge on any atom is -0.300 e. The standard InChI is InChI=1S/2C21H25F6NO/c2*1-2-13-10-15(20(22,23)24)12-16(21(25,26)27)19(13)18(29)11-14-6-5-7-17(14)28-8-3-4-9-28/h2*10,12,14,17H,2-9,11H2,1H3/t2*14-,17-/m10/s1. The number of hydrogen-bond donors (Lipinski definition) is 0. The monoisotopic (exact) mass is 842 g/mol. The molecule has 2 aliphatic heterocycles. The Labute approximate surface area is 330 Å². The van der Waals surface area contributed by atoms with Gasteiger partial charge in [-0.3, -0.25) is 9.59 Å². The average molecular weight is 843 g/mol. The lowest BCUT2D eigenvalue weighted by Gasteiger charge is -2.29. The molecule has 324 valence electrons. The van der Waals surface area contributed by atoms with Crippen LogP contribution < -0.4 is 0 Å². The second kappa shape index (κ2) is 18.2. The molecule has 0 unspecified atom stereocenters. The molecule has 2 saturated heterocycles. The van der Waals surface area contributed by atoms with E-state index in [9.17, 15) is 62.3 Å². The first kappa shape index (κ1) is 45.9. The van der Waals surface area contributed by atoms with Crippen LogP contribution in [0.15, 0.2) is 24.3 Å². The van der Waals surface area contributed by atoms with Gasteiger partial charge in [-0.05, 0) is 138 Å². The minimum atomic E-state index is -5.03. The number of nitrogens with zero attached hydrogens (tertiary/aromatic N) is 2. The number of hydrogen-bond acceptors (Lipinski definition) is 4. The molecule has 2 aromatic carbocycles. The van der Waals surface area contributed by atoms with Crippen molar-refractivity contribution in [2.45, 2.75) is 141 Å². The maximum atomic E-state index is 13.6. The first-order valence-corrected chi connectivity index (χ1v) is 20.2. The highest BCUT2D eigenvalue weighted by atomic mass is 19.4. The van der Waals surface area contributed by atoms with E-state index < -0.39 is 69.7 Å². The van der Waals surface area contributed by atoms with Crippen molar-refractivity contribution in [3.05, 3.63) is 68.8 Å². The number of ketones is 2. The van der Waals surface area contributed by atoms with Crippen molar-refractivity contribution in [2.75, 3.05) is 26.2 Å². The Morgan fingerprint density at radius 3 is 1.10 bits per heavy atom. The second-order valence-electron chi connectivity index (χ2n) is 16.1. The van der Waals surface area contributed by atoms with Gasteiger partial charge < -0.3 is 9.80 Å². The molecular weight excluding hydrogens is 792 g/mol. The van der Waals surface area contributed by atoms with Gasteiger partial charge >= 0.3 is 24.7 Å². The predicted molar refractivity (Wildman–Crippen MR) is 193 cm³/mol. The molecule has 0 bridgehead atoms. The van der Waals surface area contributed by atoms with E-state index in [-0.39, 0.29) is 72.9 Å². The largest absolute Gasteiger partial charge is 0.417 e. The normalized spacial score (nSPS) is 23.7. The van der Waals surface area contributed by atoms with Crippen molar-refractivity contribution in [1.29, 1.82) is 0 Å². The molecule has 0 radical (unpaired) electrons. The maximum absolute atomic E-state index is 13.6. The van der Waals surface area contributed by atoms with Gasteiger partial charge in [-0.2, -0.15) is 52.7 Å². The minimum absolute atomic E-state index is 0.0475. The molecule has 4 nitrogen and oxygen atoms in total. The molecule has 4 aliphatic rings. The van der Waals surface area contributed by atoms with E-state index in [4.69, 9.17) is 0 Å². The molecule has 2 heterocycles. The van der Waals surface area contributed by atoms with Gasteiger partial charge in [0.15, 0.2) is 11.6 Å². The molecule has 2 saturated carbocycles. The van der Waals surface area contributed by atoms with E-state index in [2.05, 4.69) is 9.80 Å². The van der Waals surface area contributed by atoms with Crippen molar-refractivity contribution in [3.63, 3.8) is 0 Å². The number of Topliss-reactive ketones (excluding diaryl/α,β-unsaturated/α-hetero) is 2. The van der Waals surface area contributed by atoms with Crippen molar-refractivity contribution in [1.82, 2.24) is 9.80 Å². The number of benzene rings is 2. The maximum Gasteiger partial charge on any atom is 0.417 e. The Bertz CT molecular complexity index is 1630. The van der Waals surface area contributed by atoms with E-state index in [1.165, 1.54) is 13.8 Å². The van der Waals surface area contributed by atoms with Crippen LogP contribution in [-0.2, 0) is 37.5 Å². The van der Waals surface area contributed by atoms with E-state index >= 15 is 0 Å². The summed E-state index contributed by atoms with van der Waals surface area (Å²) in [6.45, 7) is 6.67. The smallest absolute Gasteiger partial charge is 0.300 e. The van der Waals surface area contributed by atoms with Crippen LogP contribution in [0.5, 0.6) is 0 Å². The zero-order valence-corrected chi connectivity index (χ0v) is 32.6. The highest BCUT2D eigenvalue weighted by Gasteiger charge is 2.44. The lowest BCUT2D eigenvalue weighted by atomic mass is 9.87. The predicted octanol–water partition coefficient (Wildman–Crippen LogP) is 12.2. The second-order valence-corrected chi connectivity index (χ2v) is 16.1. The van der Waals surface area contributed by atoms with Gasteiger partial charge in [-0.25, -0.2) is 0 Å². The van der Waals surface area contributed by atoms with Crippen LogP contribution in [0, 0.1) is 11.8 Å². The van der Waals surface area contributed by atoms with Crippen LogP contribution in [0.2, 0.25) is 0 Å². The molecule has 16 heteroatoms. The van der Waals surface area contributed by atoms with Crippen molar-refractivity contribution in [2.24, 2.45) is 11.8 Å². The summed E-state index contributed by atoms with van der Waals surface area (Å²) in [6.07, 6.45) is -10.6. The molecule has 0 spiro atoms. The summed E-state index contributed by atoms with van der Waals surface area (Å²) in [7, 11) is 0. The van der Waals surface area contributed by atoms with Gasteiger partial charge in [0.1, 0.15) is 0 Å². The van der Waals surface area contributed by atoms with Gasteiger partial charge in [0.2, 0.25) is 0 Å². The number of carbonyl (C=O) groups excluding carboxylic acids is 2. The third kappa shape index (κ3) is 10.8. The number of alkyl halides is 12. The molecule has 58 heavy (non-hydrogen) atoms. The van der Waals surface area contributed by atoms with Crippen molar-refractivity contribution >= 4 is 11.6 Å². The van der Waals surface area contributed by atoms with Gasteiger partial charge in [-0.1, -0.05) is 26.7 Å².